The molecule has 3 aromatic rings. The summed E-state index contributed by atoms with van der Waals surface area (Å²) in [5, 5.41) is 10.7. The number of benzene rings is 1. The number of aromatic nitrogens is 3. The Hall–Kier alpha value is -2.93. The zero-order valence-electron chi connectivity index (χ0n) is 15.5. The number of rotatable bonds is 4. The van der Waals surface area contributed by atoms with E-state index in [1.54, 1.807) is 12.3 Å². The number of aromatic amines is 1. The predicted molar refractivity (Wildman–Crippen MR) is 104 cm³/mol. The zero-order chi connectivity index (χ0) is 18.8. The van der Waals surface area contributed by atoms with Crippen molar-refractivity contribution in [2.75, 3.05) is 18.0 Å². The second-order valence-corrected chi connectivity index (χ2v) is 7.01. The summed E-state index contributed by atoms with van der Waals surface area (Å²) in [5.74, 6) is 0.805. The van der Waals surface area contributed by atoms with Gasteiger partial charge in [0, 0.05) is 31.2 Å². The third kappa shape index (κ3) is 3.78. The molecule has 4 rings (SSSR count). The van der Waals surface area contributed by atoms with Crippen molar-refractivity contribution in [3.05, 3.63) is 53.9 Å². The number of carbonyl (C=O) groups excluding carboxylic acids is 1. The van der Waals surface area contributed by atoms with E-state index < -0.39 is 0 Å². The fraction of sp³-hybridized carbons (Fsp3) is 0.350. The predicted octanol–water partition coefficient (Wildman–Crippen LogP) is 2.50. The highest BCUT2D eigenvalue weighted by Gasteiger charge is 2.23. The number of nitrogens with one attached hydrogen (secondary N) is 2. The van der Waals surface area contributed by atoms with Crippen LogP contribution in [0.2, 0.25) is 0 Å². The Morgan fingerprint density at radius 2 is 2.04 bits per heavy atom. The fourth-order valence-corrected chi connectivity index (χ4v) is 3.51. The molecule has 2 aromatic heterocycles. The molecule has 1 aliphatic rings. The molecule has 1 aliphatic heterocycles. The van der Waals surface area contributed by atoms with Crippen LogP contribution in [0, 0.1) is 0 Å². The number of para-hydroxylation sites is 1. The highest BCUT2D eigenvalue weighted by Crippen LogP contribution is 2.19. The van der Waals surface area contributed by atoms with Gasteiger partial charge < -0.3 is 15.0 Å². The molecule has 0 spiro atoms. The summed E-state index contributed by atoms with van der Waals surface area (Å²) in [6.07, 6.45) is 3.92. The van der Waals surface area contributed by atoms with Gasteiger partial charge >= 0.3 is 0 Å². The lowest BCUT2D eigenvalue weighted by molar-refractivity contribution is -0.00546. The molecule has 3 heterocycles. The summed E-state index contributed by atoms with van der Waals surface area (Å²) < 4.78 is 5.77. The van der Waals surface area contributed by atoms with Gasteiger partial charge in [-0.1, -0.05) is 18.2 Å². The van der Waals surface area contributed by atoms with Crippen molar-refractivity contribution in [2.24, 2.45) is 0 Å². The fourth-order valence-electron chi connectivity index (χ4n) is 3.51. The van der Waals surface area contributed by atoms with Gasteiger partial charge in [0.1, 0.15) is 5.82 Å². The Labute approximate surface area is 157 Å². The van der Waals surface area contributed by atoms with Gasteiger partial charge in [-0.15, -0.1) is 0 Å². The lowest BCUT2D eigenvalue weighted by Crippen LogP contribution is -2.45. The summed E-state index contributed by atoms with van der Waals surface area (Å²) >= 11 is 0. The maximum Gasteiger partial charge on any atom is 0.253 e. The van der Waals surface area contributed by atoms with Crippen LogP contribution in [0.4, 0.5) is 5.82 Å². The molecular weight excluding hydrogens is 342 g/mol. The molecule has 0 radical (unpaired) electrons. The minimum atomic E-state index is -0.134. The molecule has 1 amide bonds. The minimum Gasteiger partial charge on any atom is -0.372 e. The monoisotopic (exact) mass is 365 g/mol. The Morgan fingerprint density at radius 3 is 2.78 bits per heavy atom. The number of hydrogen-bond donors (Lipinski definition) is 2. The Morgan fingerprint density at radius 1 is 1.22 bits per heavy atom. The number of pyridine rings is 1. The van der Waals surface area contributed by atoms with Gasteiger partial charge in [-0.2, -0.15) is 5.10 Å². The summed E-state index contributed by atoms with van der Waals surface area (Å²) in [6, 6.07) is 9.57. The minimum absolute atomic E-state index is 0.134. The van der Waals surface area contributed by atoms with E-state index in [1.165, 1.54) is 0 Å². The van der Waals surface area contributed by atoms with Crippen molar-refractivity contribution in [2.45, 2.75) is 32.6 Å². The van der Waals surface area contributed by atoms with Gasteiger partial charge in [0.05, 0.1) is 29.5 Å². The van der Waals surface area contributed by atoms with E-state index in [0.717, 1.165) is 35.4 Å². The first-order chi connectivity index (χ1) is 13.1. The topological polar surface area (TPSA) is 83.1 Å². The lowest BCUT2D eigenvalue weighted by atomic mass is 10.1. The lowest BCUT2D eigenvalue weighted by Gasteiger charge is -2.36. The molecule has 1 aromatic carbocycles. The highest BCUT2D eigenvalue weighted by molar-refractivity contribution is 6.05. The number of H-pyrrole nitrogens is 1. The molecule has 27 heavy (non-hydrogen) atoms. The molecule has 1 saturated heterocycles. The second-order valence-electron chi connectivity index (χ2n) is 7.01. The van der Waals surface area contributed by atoms with Crippen molar-refractivity contribution in [3.63, 3.8) is 0 Å². The van der Waals surface area contributed by atoms with E-state index in [0.29, 0.717) is 12.1 Å². The first-order valence-corrected chi connectivity index (χ1v) is 9.16. The van der Waals surface area contributed by atoms with E-state index in [1.807, 2.05) is 30.5 Å². The molecule has 0 bridgehead atoms. The SMILES string of the molecule is CC1CN(c2ccc(CNC(=O)c3cccc4cn[nH]c34)cn2)CC(C)O1. The number of anilines is 1. The van der Waals surface area contributed by atoms with Crippen LogP contribution in [0.3, 0.4) is 0 Å². The van der Waals surface area contributed by atoms with Crippen molar-refractivity contribution in [3.8, 4) is 0 Å². The van der Waals surface area contributed by atoms with Crippen molar-refractivity contribution in [1.82, 2.24) is 20.5 Å². The van der Waals surface area contributed by atoms with Gasteiger partial charge in [-0.05, 0) is 31.5 Å². The van der Waals surface area contributed by atoms with Gasteiger partial charge in [0.2, 0.25) is 0 Å². The molecule has 7 nitrogen and oxygen atoms in total. The van der Waals surface area contributed by atoms with E-state index in [2.05, 4.69) is 39.2 Å². The van der Waals surface area contributed by atoms with Crippen LogP contribution in [0.15, 0.2) is 42.7 Å². The number of nitrogens with zero attached hydrogens (tertiary/aromatic N) is 3. The smallest absolute Gasteiger partial charge is 0.253 e. The molecule has 2 unspecified atom stereocenters. The van der Waals surface area contributed by atoms with E-state index in [9.17, 15) is 4.79 Å². The van der Waals surface area contributed by atoms with Crippen molar-refractivity contribution in [1.29, 1.82) is 0 Å². The first-order valence-electron chi connectivity index (χ1n) is 9.16. The number of amides is 1. The van der Waals surface area contributed by atoms with Gasteiger partial charge in [-0.25, -0.2) is 4.98 Å². The molecule has 0 aliphatic carbocycles. The number of morpholine rings is 1. The van der Waals surface area contributed by atoms with Crippen LogP contribution in [0.25, 0.3) is 10.9 Å². The third-order valence-electron chi connectivity index (χ3n) is 4.73. The second kappa shape index (κ2) is 7.36. The van der Waals surface area contributed by atoms with E-state index in [4.69, 9.17) is 4.74 Å². The zero-order valence-corrected chi connectivity index (χ0v) is 15.5. The van der Waals surface area contributed by atoms with Gasteiger partial charge in [0.25, 0.3) is 5.91 Å². The quantitative estimate of drug-likeness (QED) is 0.742. The standard InChI is InChI=1S/C20H23N5O2/c1-13-11-25(12-14(2)27-13)18-7-6-15(8-21-18)9-22-20(26)17-5-3-4-16-10-23-24-19(16)17/h3-8,10,13-14H,9,11-12H2,1-2H3,(H,22,26)(H,23,24). The van der Waals surface area contributed by atoms with E-state index >= 15 is 0 Å². The number of hydrogen-bond acceptors (Lipinski definition) is 5. The van der Waals surface area contributed by atoms with Crippen LogP contribution < -0.4 is 10.2 Å². The Balaban J connectivity index is 1.40. The molecule has 1 fully saturated rings. The Kier molecular flexibility index (Phi) is 4.77. The van der Waals surface area contributed by atoms with Crippen molar-refractivity contribution < 1.29 is 9.53 Å². The average molecular weight is 365 g/mol. The highest BCUT2D eigenvalue weighted by atomic mass is 16.5. The summed E-state index contributed by atoms with van der Waals surface area (Å²) in [5.41, 5.74) is 2.29. The van der Waals surface area contributed by atoms with E-state index in [-0.39, 0.29) is 18.1 Å². The summed E-state index contributed by atoms with van der Waals surface area (Å²) in [6.45, 7) is 6.25. The number of fused-ring (bicyclic) bond motifs is 1. The maximum absolute atomic E-state index is 12.5. The molecular formula is C20H23N5O2. The van der Waals surface area contributed by atoms with Gasteiger partial charge in [-0.3, -0.25) is 9.89 Å². The van der Waals surface area contributed by atoms with Crippen LogP contribution in [-0.4, -0.2) is 46.4 Å². The van der Waals surface area contributed by atoms with Crippen molar-refractivity contribution >= 4 is 22.6 Å². The van der Waals surface area contributed by atoms with Crippen LogP contribution in [0.1, 0.15) is 29.8 Å². The maximum atomic E-state index is 12.5. The summed E-state index contributed by atoms with van der Waals surface area (Å²) in [7, 11) is 0. The molecule has 7 heteroatoms. The first kappa shape index (κ1) is 17.5. The molecule has 140 valence electrons. The Bertz CT molecular complexity index is 927. The molecule has 2 N–H and O–H groups in total. The third-order valence-corrected chi connectivity index (χ3v) is 4.73. The van der Waals surface area contributed by atoms with Crippen LogP contribution in [-0.2, 0) is 11.3 Å². The summed E-state index contributed by atoms with van der Waals surface area (Å²) in [4.78, 5) is 19.3. The largest absolute Gasteiger partial charge is 0.372 e. The average Bonchev–Trinajstić information content (AvgIpc) is 3.14. The number of carbonyl (C=O) groups is 1. The number of ether oxygens (including phenoxy) is 1. The molecule has 2 atom stereocenters. The van der Waals surface area contributed by atoms with Gasteiger partial charge in [0.15, 0.2) is 0 Å². The van der Waals surface area contributed by atoms with Crippen LogP contribution in [0.5, 0.6) is 0 Å². The normalized spacial score (nSPS) is 20.0. The molecule has 0 saturated carbocycles. The van der Waals surface area contributed by atoms with Crippen LogP contribution >= 0.6 is 0 Å².